The van der Waals surface area contributed by atoms with Gasteiger partial charge in [-0.2, -0.15) is 4.58 Å². The van der Waals surface area contributed by atoms with Crippen LogP contribution in [0.25, 0.3) is 0 Å². The first kappa shape index (κ1) is 22.1. The second kappa shape index (κ2) is 7.97. The lowest BCUT2D eigenvalue weighted by Gasteiger charge is -2.24. The first-order valence-electron chi connectivity index (χ1n) is 12.7. The number of hydrogen-bond acceptors (Lipinski definition) is 0. The molecular weight excluding hydrogens is 398 g/mol. The Labute approximate surface area is 200 Å². The van der Waals surface area contributed by atoms with Crippen molar-refractivity contribution in [2.24, 2.45) is 0 Å². The molecule has 2 aliphatic rings. The average molecular weight is 437 g/mol. The van der Waals surface area contributed by atoms with Gasteiger partial charge in [0.15, 0.2) is 11.8 Å². The highest BCUT2D eigenvalue weighted by Crippen LogP contribution is 2.55. The second-order valence-corrected chi connectivity index (χ2v) is 11.5. The van der Waals surface area contributed by atoms with E-state index < -0.39 is 0 Å². The predicted molar refractivity (Wildman–Crippen MR) is 140 cm³/mol. The van der Waals surface area contributed by atoms with Gasteiger partial charge in [-0.3, -0.25) is 0 Å². The van der Waals surface area contributed by atoms with Crippen LogP contribution in [0.1, 0.15) is 100.0 Å². The first-order valence-corrected chi connectivity index (χ1v) is 12.7. The van der Waals surface area contributed by atoms with Crippen molar-refractivity contribution >= 4 is 11.9 Å². The van der Waals surface area contributed by atoms with Crippen molar-refractivity contribution in [3.8, 4) is 0 Å². The molecule has 0 amide bonds. The summed E-state index contributed by atoms with van der Waals surface area (Å²) in [6, 6.07) is 27.3. The molecule has 0 saturated carbocycles. The van der Waals surface area contributed by atoms with E-state index in [1.54, 1.807) is 0 Å². The summed E-state index contributed by atoms with van der Waals surface area (Å²) in [7, 11) is 0. The van der Waals surface area contributed by atoms with E-state index in [4.69, 9.17) is 0 Å². The maximum absolute atomic E-state index is 2.67. The topological polar surface area (TPSA) is 3.01 Å². The maximum Gasteiger partial charge on any atom is 0.212 e. The van der Waals surface area contributed by atoms with Gasteiger partial charge in [0.1, 0.15) is 0 Å². The summed E-state index contributed by atoms with van der Waals surface area (Å²) in [4.78, 5) is 0. The molecule has 3 aromatic rings. The molecule has 1 unspecified atom stereocenters. The molecule has 1 nitrogen and oxygen atoms in total. The van der Waals surface area contributed by atoms with Gasteiger partial charge < -0.3 is 0 Å². The van der Waals surface area contributed by atoms with Gasteiger partial charge in [-0.05, 0) is 34.9 Å². The molecule has 1 spiro atoms. The Bertz CT molecular complexity index is 1170. The van der Waals surface area contributed by atoms with Gasteiger partial charge in [-0.25, -0.2) is 0 Å². The largest absolute Gasteiger partial charge is 0.212 e. The highest BCUT2D eigenvalue weighted by molar-refractivity contribution is 5.77. The van der Waals surface area contributed by atoms with Crippen molar-refractivity contribution < 1.29 is 4.58 Å². The summed E-state index contributed by atoms with van der Waals surface area (Å²) in [5.74, 6) is 1.44. The lowest BCUT2D eigenvalue weighted by molar-refractivity contribution is -0.513. The van der Waals surface area contributed by atoms with Crippen molar-refractivity contribution in [1.29, 1.82) is 0 Å². The van der Waals surface area contributed by atoms with E-state index >= 15 is 0 Å². The van der Waals surface area contributed by atoms with Gasteiger partial charge in [-0.1, -0.05) is 100 Å². The van der Waals surface area contributed by atoms with E-state index in [1.807, 2.05) is 0 Å². The fourth-order valence-electron chi connectivity index (χ4n) is 6.59. The Morgan fingerprint density at radius 2 is 1.36 bits per heavy atom. The summed E-state index contributed by atoms with van der Waals surface area (Å²) < 4.78 is 2.67. The molecule has 1 heterocycles. The fraction of sp³-hybridized carbons (Fsp3) is 0.406. The third-order valence-electron chi connectivity index (χ3n) is 8.00. The Morgan fingerprint density at radius 1 is 0.758 bits per heavy atom. The zero-order valence-electron chi connectivity index (χ0n) is 21.1. The molecule has 3 aromatic carbocycles. The minimum absolute atomic E-state index is 0.0489. The SMILES string of the molecule is CC(C)c1cccc(C(C)C)c1[N+]1=C[C@]2(CC(c3ccccc3)c3ccccc32)CC1(C)C. The molecule has 1 heteroatoms. The molecule has 170 valence electrons. The van der Waals surface area contributed by atoms with Gasteiger partial charge >= 0.3 is 0 Å². The van der Waals surface area contributed by atoms with Gasteiger partial charge in [0.2, 0.25) is 5.69 Å². The smallest absolute Gasteiger partial charge is 0.196 e. The molecule has 1 aliphatic carbocycles. The van der Waals surface area contributed by atoms with E-state index in [9.17, 15) is 0 Å². The monoisotopic (exact) mass is 436 g/mol. The van der Waals surface area contributed by atoms with Gasteiger partial charge in [0.05, 0.1) is 5.41 Å². The molecule has 0 N–H and O–H groups in total. The van der Waals surface area contributed by atoms with Crippen molar-refractivity contribution in [1.82, 2.24) is 0 Å². The molecule has 0 bridgehead atoms. The maximum atomic E-state index is 2.67. The normalized spacial score (nSPS) is 23.4. The minimum Gasteiger partial charge on any atom is -0.196 e. The van der Waals surface area contributed by atoms with E-state index in [0.717, 1.165) is 12.8 Å². The number of hydrogen-bond donors (Lipinski definition) is 0. The molecule has 2 atom stereocenters. The van der Waals surface area contributed by atoms with Crippen LogP contribution in [0.3, 0.4) is 0 Å². The summed E-state index contributed by atoms with van der Waals surface area (Å²) in [6.45, 7) is 14.2. The van der Waals surface area contributed by atoms with Crippen LogP contribution in [0, 0.1) is 0 Å². The molecule has 0 saturated heterocycles. The first-order chi connectivity index (χ1) is 15.7. The summed E-state index contributed by atoms with van der Waals surface area (Å²) in [5, 5.41) is 0. The highest BCUT2D eigenvalue weighted by Gasteiger charge is 2.57. The average Bonchev–Trinajstić information content (AvgIpc) is 3.26. The standard InChI is InChI=1S/C32H38N/c1-22(2)25-16-12-17-26(23(3)4)30(25)33-21-32(20-31(33,5)6)19-28(24-13-8-7-9-14-24)27-15-10-11-18-29(27)32/h7-18,21-23,28H,19-20H2,1-6H3/q+1/t28?,32-/m0/s1. The molecule has 0 fully saturated rings. The minimum atomic E-state index is 0.0489. The number of rotatable bonds is 4. The van der Waals surface area contributed by atoms with Crippen molar-refractivity contribution in [2.75, 3.05) is 0 Å². The van der Waals surface area contributed by atoms with Crippen molar-refractivity contribution in [3.05, 3.63) is 101 Å². The van der Waals surface area contributed by atoms with E-state index in [0.29, 0.717) is 17.8 Å². The van der Waals surface area contributed by atoms with E-state index in [2.05, 4.69) is 125 Å². The highest BCUT2D eigenvalue weighted by atomic mass is 15.1. The van der Waals surface area contributed by atoms with Gasteiger partial charge in [0, 0.05) is 37.3 Å². The van der Waals surface area contributed by atoms with Gasteiger partial charge in [-0.15, -0.1) is 0 Å². The van der Waals surface area contributed by atoms with Crippen molar-refractivity contribution in [2.45, 2.75) is 83.1 Å². The summed E-state index contributed by atoms with van der Waals surface area (Å²) in [6.07, 6.45) is 4.92. The summed E-state index contributed by atoms with van der Waals surface area (Å²) >= 11 is 0. The fourth-order valence-corrected chi connectivity index (χ4v) is 6.59. The second-order valence-electron chi connectivity index (χ2n) is 11.5. The van der Waals surface area contributed by atoms with Crippen LogP contribution in [0.2, 0.25) is 0 Å². The van der Waals surface area contributed by atoms with Crippen LogP contribution >= 0.6 is 0 Å². The third kappa shape index (κ3) is 3.57. The Morgan fingerprint density at radius 3 is 2.00 bits per heavy atom. The zero-order chi connectivity index (χ0) is 23.4. The third-order valence-corrected chi connectivity index (χ3v) is 8.00. The van der Waals surface area contributed by atoms with Crippen LogP contribution in [0.5, 0.6) is 0 Å². The molecule has 0 radical (unpaired) electrons. The van der Waals surface area contributed by atoms with E-state index in [1.165, 1.54) is 33.5 Å². The van der Waals surface area contributed by atoms with Gasteiger partial charge in [0.25, 0.3) is 0 Å². The molecule has 5 rings (SSSR count). The van der Waals surface area contributed by atoms with Crippen LogP contribution < -0.4 is 0 Å². The molecule has 33 heavy (non-hydrogen) atoms. The number of fused-ring (bicyclic) bond motifs is 2. The molecule has 1 aliphatic heterocycles. The number of para-hydroxylation sites is 1. The Hall–Kier alpha value is -2.67. The van der Waals surface area contributed by atoms with Crippen LogP contribution in [-0.4, -0.2) is 16.3 Å². The predicted octanol–water partition coefficient (Wildman–Crippen LogP) is 8.30. The molecular formula is C32H38N+. The quantitative estimate of drug-likeness (QED) is 0.362. The number of benzene rings is 3. The summed E-state index contributed by atoms with van der Waals surface area (Å²) in [5.41, 5.74) is 8.98. The van der Waals surface area contributed by atoms with Crippen LogP contribution in [0.15, 0.2) is 72.8 Å². The lowest BCUT2D eigenvalue weighted by Crippen LogP contribution is -2.32. The van der Waals surface area contributed by atoms with E-state index in [-0.39, 0.29) is 11.0 Å². The zero-order valence-corrected chi connectivity index (χ0v) is 21.1. The Balaban J connectivity index is 1.72. The van der Waals surface area contributed by atoms with Crippen LogP contribution in [0.4, 0.5) is 5.69 Å². The lowest BCUT2D eigenvalue weighted by atomic mass is 9.76. The van der Waals surface area contributed by atoms with Crippen LogP contribution in [-0.2, 0) is 5.41 Å². The molecule has 0 aromatic heterocycles. The number of nitrogens with zero attached hydrogens (tertiary/aromatic N) is 1. The Kier molecular flexibility index (Phi) is 5.35. The van der Waals surface area contributed by atoms with Crippen molar-refractivity contribution in [3.63, 3.8) is 0 Å².